The molecule has 116 valence electrons. The summed E-state index contributed by atoms with van der Waals surface area (Å²) >= 11 is 0. The molecular formula is C15H21NO5. The quantitative estimate of drug-likeness (QED) is 0.757. The summed E-state index contributed by atoms with van der Waals surface area (Å²) in [6, 6.07) is 6.41. The monoisotopic (exact) mass is 295 g/mol. The molecule has 1 aromatic carbocycles. The van der Waals surface area contributed by atoms with Gasteiger partial charge >= 0.3 is 5.97 Å². The Morgan fingerprint density at radius 2 is 1.95 bits per heavy atom. The Balaban J connectivity index is 2.67. The van der Waals surface area contributed by atoms with Crippen LogP contribution in [0.15, 0.2) is 24.3 Å². The number of hydrogen-bond donors (Lipinski definition) is 2. The van der Waals surface area contributed by atoms with Gasteiger partial charge in [0.15, 0.2) is 6.04 Å². The Hall–Kier alpha value is -2.08. The van der Waals surface area contributed by atoms with Crippen molar-refractivity contribution in [3.8, 4) is 5.75 Å². The summed E-state index contributed by atoms with van der Waals surface area (Å²) in [5.74, 6) is -0.824. The van der Waals surface area contributed by atoms with E-state index < -0.39 is 12.0 Å². The highest BCUT2D eigenvalue weighted by molar-refractivity contribution is 5.84. The molecule has 2 N–H and O–H groups in total. The van der Waals surface area contributed by atoms with Crippen LogP contribution in [-0.2, 0) is 14.3 Å². The molecule has 21 heavy (non-hydrogen) atoms. The normalized spacial score (nSPS) is 13.3. The van der Waals surface area contributed by atoms with Gasteiger partial charge < -0.3 is 19.9 Å². The highest BCUT2D eigenvalue weighted by Crippen LogP contribution is 2.28. The van der Waals surface area contributed by atoms with Gasteiger partial charge in [0.1, 0.15) is 5.75 Å². The molecule has 1 aromatic rings. The van der Waals surface area contributed by atoms with Gasteiger partial charge in [-0.05, 0) is 17.5 Å². The van der Waals surface area contributed by atoms with Crippen molar-refractivity contribution in [3.63, 3.8) is 0 Å². The van der Waals surface area contributed by atoms with Crippen LogP contribution >= 0.6 is 0 Å². The van der Waals surface area contributed by atoms with Crippen molar-refractivity contribution in [2.45, 2.75) is 25.3 Å². The summed E-state index contributed by atoms with van der Waals surface area (Å²) < 4.78 is 10.0. The molecule has 0 aliphatic heterocycles. The second-order valence-corrected chi connectivity index (χ2v) is 4.76. The second-order valence-electron chi connectivity index (χ2n) is 4.76. The number of nitrogens with one attached hydrogen (secondary N) is 1. The second kappa shape index (κ2) is 8.26. The predicted molar refractivity (Wildman–Crippen MR) is 77.5 cm³/mol. The van der Waals surface area contributed by atoms with Gasteiger partial charge in [0.25, 0.3) is 0 Å². The lowest BCUT2D eigenvalue weighted by Gasteiger charge is -2.17. The van der Waals surface area contributed by atoms with Gasteiger partial charge in [0.2, 0.25) is 5.91 Å². The number of carbonyl (C=O) groups is 2. The molecule has 0 spiro atoms. The van der Waals surface area contributed by atoms with Crippen LogP contribution in [0.4, 0.5) is 0 Å². The lowest BCUT2D eigenvalue weighted by Crippen LogP contribution is -2.44. The Morgan fingerprint density at radius 3 is 2.52 bits per heavy atom. The number of amides is 1. The number of methoxy groups -OCH3 is 2. The van der Waals surface area contributed by atoms with E-state index in [0.29, 0.717) is 5.75 Å². The molecule has 0 saturated heterocycles. The minimum absolute atomic E-state index is 0.0654. The summed E-state index contributed by atoms with van der Waals surface area (Å²) in [5.41, 5.74) is 0.911. The lowest BCUT2D eigenvalue weighted by atomic mass is 9.96. The molecule has 0 aliphatic carbocycles. The van der Waals surface area contributed by atoms with E-state index in [1.807, 2.05) is 31.2 Å². The van der Waals surface area contributed by atoms with Crippen molar-refractivity contribution in [1.82, 2.24) is 5.32 Å². The first-order chi connectivity index (χ1) is 9.99. The molecule has 0 radical (unpaired) electrons. The van der Waals surface area contributed by atoms with Gasteiger partial charge in [0.05, 0.1) is 13.7 Å². The summed E-state index contributed by atoms with van der Waals surface area (Å²) in [4.78, 5) is 22.9. The maximum atomic E-state index is 11.9. The van der Waals surface area contributed by atoms with Crippen LogP contribution in [-0.4, -0.2) is 43.9 Å². The molecule has 2 atom stereocenters. The molecule has 0 heterocycles. The van der Waals surface area contributed by atoms with Gasteiger partial charge in [-0.25, -0.2) is 4.79 Å². The molecule has 1 amide bonds. The first-order valence-electron chi connectivity index (χ1n) is 6.63. The number of hydrogen-bond acceptors (Lipinski definition) is 4. The first kappa shape index (κ1) is 17.0. The fourth-order valence-corrected chi connectivity index (χ4v) is 2.06. The fourth-order valence-electron chi connectivity index (χ4n) is 2.06. The van der Waals surface area contributed by atoms with Gasteiger partial charge in [0, 0.05) is 13.5 Å². The van der Waals surface area contributed by atoms with Crippen LogP contribution in [0.25, 0.3) is 0 Å². The summed E-state index contributed by atoms with van der Waals surface area (Å²) in [6.07, 6.45) is 0.174. The highest BCUT2D eigenvalue weighted by Gasteiger charge is 2.22. The molecular weight excluding hydrogens is 274 g/mol. The molecule has 1 rings (SSSR count). The first-order valence-corrected chi connectivity index (χ1v) is 6.63. The van der Waals surface area contributed by atoms with Crippen LogP contribution in [0.2, 0.25) is 0 Å². The minimum Gasteiger partial charge on any atom is -0.496 e. The lowest BCUT2D eigenvalue weighted by molar-refractivity contribution is -0.143. The van der Waals surface area contributed by atoms with E-state index in [-0.39, 0.29) is 24.9 Å². The van der Waals surface area contributed by atoms with E-state index in [1.165, 1.54) is 7.11 Å². The Morgan fingerprint density at radius 1 is 1.29 bits per heavy atom. The van der Waals surface area contributed by atoms with Crippen LogP contribution in [0, 0.1) is 0 Å². The summed E-state index contributed by atoms with van der Waals surface area (Å²) in [7, 11) is 2.96. The van der Waals surface area contributed by atoms with Crippen molar-refractivity contribution in [1.29, 1.82) is 0 Å². The van der Waals surface area contributed by atoms with Crippen LogP contribution in [0.1, 0.15) is 24.8 Å². The van der Waals surface area contributed by atoms with E-state index in [1.54, 1.807) is 7.11 Å². The van der Waals surface area contributed by atoms with E-state index in [0.717, 1.165) is 5.56 Å². The van der Waals surface area contributed by atoms with Gasteiger partial charge in [-0.3, -0.25) is 4.79 Å². The number of benzene rings is 1. The Kier molecular flexibility index (Phi) is 6.68. The molecule has 6 heteroatoms. The SMILES string of the molecule is COCC(NC(=O)CC(C)c1ccccc1OC)C(=O)O. The zero-order valence-corrected chi connectivity index (χ0v) is 12.5. The number of ether oxygens (including phenoxy) is 2. The third-order valence-corrected chi connectivity index (χ3v) is 3.13. The maximum Gasteiger partial charge on any atom is 0.328 e. The average molecular weight is 295 g/mol. The number of carbonyl (C=O) groups excluding carboxylic acids is 1. The molecule has 0 aliphatic rings. The topological polar surface area (TPSA) is 84.9 Å². The van der Waals surface area contributed by atoms with Crippen molar-refractivity contribution in [2.24, 2.45) is 0 Å². The van der Waals surface area contributed by atoms with Gasteiger partial charge in [-0.1, -0.05) is 25.1 Å². The Bertz CT molecular complexity index is 489. The van der Waals surface area contributed by atoms with Crippen molar-refractivity contribution >= 4 is 11.9 Å². The smallest absolute Gasteiger partial charge is 0.328 e. The average Bonchev–Trinajstić information content (AvgIpc) is 2.46. The summed E-state index contributed by atoms with van der Waals surface area (Å²) in [6.45, 7) is 1.83. The van der Waals surface area contributed by atoms with Gasteiger partial charge in [-0.15, -0.1) is 0 Å². The molecule has 0 saturated carbocycles. The molecule has 0 bridgehead atoms. The van der Waals surface area contributed by atoms with Crippen molar-refractivity contribution < 1.29 is 24.2 Å². The number of rotatable bonds is 8. The fraction of sp³-hybridized carbons (Fsp3) is 0.467. The van der Waals surface area contributed by atoms with E-state index in [2.05, 4.69) is 5.32 Å². The molecule has 0 fully saturated rings. The van der Waals surface area contributed by atoms with E-state index in [9.17, 15) is 9.59 Å². The van der Waals surface area contributed by atoms with Crippen molar-refractivity contribution in [2.75, 3.05) is 20.8 Å². The number of aliphatic carboxylic acids is 1. The van der Waals surface area contributed by atoms with Crippen LogP contribution in [0.5, 0.6) is 5.75 Å². The van der Waals surface area contributed by atoms with E-state index in [4.69, 9.17) is 14.6 Å². The highest BCUT2D eigenvalue weighted by atomic mass is 16.5. The standard InChI is InChI=1S/C15H21NO5/c1-10(11-6-4-5-7-13(11)21-3)8-14(17)16-12(9-20-2)15(18)19/h4-7,10,12H,8-9H2,1-3H3,(H,16,17)(H,18,19). The van der Waals surface area contributed by atoms with Crippen molar-refractivity contribution in [3.05, 3.63) is 29.8 Å². The summed E-state index contributed by atoms with van der Waals surface area (Å²) in [5, 5.41) is 11.4. The van der Waals surface area contributed by atoms with Gasteiger partial charge in [-0.2, -0.15) is 0 Å². The Labute approximate surface area is 124 Å². The van der Waals surface area contributed by atoms with Crippen LogP contribution in [0.3, 0.4) is 0 Å². The molecule has 2 unspecified atom stereocenters. The van der Waals surface area contributed by atoms with Crippen LogP contribution < -0.4 is 10.1 Å². The number of para-hydroxylation sites is 1. The third-order valence-electron chi connectivity index (χ3n) is 3.13. The molecule has 0 aromatic heterocycles. The predicted octanol–water partition coefficient (Wildman–Crippen LogP) is 1.40. The van der Waals surface area contributed by atoms with E-state index >= 15 is 0 Å². The number of carboxylic acids is 1. The zero-order valence-electron chi connectivity index (χ0n) is 12.5. The maximum absolute atomic E-state index is 11.9. The third kappa shape index (κ3) is 5.07. The number of carboxylic acid groups (broad SMARTS) is 1. The largest absolute Gasteiger partial charge is 0.496 e. The molecule has 6 nitrogen and oxygen atoms in total. The minimum atomic E-state index is -1.12. The zero-order chi connectivity index (χ0) is 15.8.